The summed E-state index contributed by atoms with van der Waals surface area (Å²) in [4.78, 5) is 4.84. The van der Waals surface area contributed by atoms with E-state index in [1.54, 1.807) is 11.3 Å². The van der Waals surface area contributed by atoms with Gasteiger partial charge in [0.2, 0.25) is 0 Å². The van der Waals surface area contributed by atoms with Gasteiger partial charge in [-0.1, -0.05) is 28.4 Å². The molecule has 3 rings (SSSR count). The number of hydrogen-bond acceptors (Lipinski definition) is 3. The van der Waals surface area contributed by atoms with E-state index < -0.39 is 0 Å². The zero-order valence-corrected chi connectivity index (χ0v) is 13.4. The largest absolute Gasteiger partial charge is 0.309 e. The van der Waals surface area contributed by atoms with Gasteiger partial charge in [-0.05, 0) is 44.0 Å². The minimum atomic E-state index is 0.450. The van der Waals surface area contributed by atoms with Gasteiger partial charge in [-0.3, -0.25) is 0 Å². The number of benzene rings is 1. The third kappa shape index (κ3) is 2.91. The van der Waals surface area contributed by atoms with Crippen molar-refractivity contribution in [3.8, 4) is 10.6 Å². The van der Waals surface area contributed by atoms with Crippen LogP contribution in [-0.4, -0.2) is 11.5 Å². The minimum absolute atomic E-state index is 0.450. The molecule has 2 heterocycles. The second kappa shape index (κ2) is 5.73. The molecule has 2 nitrogen and oxygen atoms in total. The predicted molar refractivity (Wildman–Crippen MR) is 84.6 cm³/mol. The smallest absolute Gasteiger partial charge is 0.123 e. The summed E-state index contributed by atoms with van der Waals surface area (Å²) in [6.45, 7) is 3.26. The fraction of sp³-hybridized carbons (Fsp3) is 0.400. The Bertz CT molecular complexity index is 573. The van der Waals surface area contributed by atoms with Crippen molar-refractivity contribution in [3.63, 3.8) is 0 Å². The summed E-state index contributed by atoms with van der Waals surface area (Å²) in [5.74, 6) is 0. The van der Waals surface area contributed by atoms with Crippen molar-refractivity contribution in [1.82, 2.24) is 10.3 Å². The number of hydrogen-bond donors (Lipinski definition) is 1. The summed E-state index contributed by atoms with van der Waals surface area (Å²) in [5.41, 5.74) is 3.72. The third-order valence-electron chi connectivity index (χ3n) is 3.62. The number of thiazole rings is 1. The first-order chi connectivity index (χ1) is 9.24. The quantitative estimate of drug-likeness (QED) is 0.859. The van der Waals surface area contributed by atoms with E-state index in [-0.39, 0.29) is 0 Å². The SMILES string of the molecule is Cc1ccc(Br)cc1-c1nc(C2CCCCN2)cs1. The number of rotatable bonds is 2. The van der Waals surface area contributed by atoms with E-state index in [0.717, 1.165) is 16.0 Å². The fourth-order valence-corrected chi connectivity index (χ4v) is 3.81. The molecule has 0 amide bonds. The van der Waals surface area contributed by atoms with Gasteiger partial charge in [0.1, 0.15) is 5.01 Å². The summed E-state index contributed by atoms with van der Waals surface area (Å²) in [5, 5.41) is 6.89. The molecular formula is C15H17BrN2S. The molecule has 1 atom stereocenters. The molecule has 1 saturated heterocycles. The van der Waals surface area contributed by atoms with Crippen LogP contribution in [0, 0.1) is 6.92 Å². The van der Waals surface area contributed by atoms with Gasteiger partial charge < -0.3 is 5.32 Å². The van der Waals surface area contributed by atoms with Gasteiger partial charge in [-0.2, -0.15) is 0 Å². The first kappa shape index (κ1) is 13.3. The van der Waals surface area contributed by atoms with Crippen LogP contribution in [0.5, 0.6) is 0 Å². The van der Waals surface area contributed by atoms with Crippen LogP contribution in [0.15, 0.2) is 28.1 Å². The highest BCUT2D eigenvalue weighted by atomic mass is 79.9. The average molecular weight is 337 g/mol. The number of nitrogens with zero attached hydrogens (tertiary/aromatic N) is 1. The van der Waals surface area contributed by atoms with Crippen LogP contribution in [0.25, 0.3) is 10.6 Å². The Balaban J connectivity index is 1.89. The van der Waals surface area contributed by atoms with Gasteiger partial charge in [0.25, 0.3) is 0 Å². The van der Waals surface area contributed by atoms with E-state index in [1.165, 1.54) is 36.1 Å². The Labute approximate surface area is 126 Å². The standard InChI is InChI=1S/C15H17BrN2S/c1-10-5-6-11(16)8-12(10)15-18-14(9-19-15)13-4-2-3-7-17-13/h5-6,8-9,13,17H,2-4,7H2,1H3. The Morgan fingerprint density at radius 3 is 3.05 bits per heavy atom. The van der Waals surface area contributed by atoms with Crippen LogP contribution in [0.4, 0.5) is 0 Å². The molecule has 2 aromatic rings. The highest BCUT2D eigenvalue weighted by Crippen LogP contribution is 2.32. The number of nitrogens with one attached hydrogen (secondary N) is 1. The van der Waals surface area contributed by atoms with Crippen LogP contribution in [-0.2, 0) is 0 Å². The van der Waals surface area contributed by atoms with Gasteiger partial charge in [-0.25, -0.2) is 4.98 Å². The molecule has 0 bridgehead atoms. The van der Waals surface area contributed by atoms with E-state index in [2.05, 4.69) is 51.7 Å². The normalized spacial score (nSPS) is 19.6. The van der Waals surface area contributed by atoms with E-state index in [1.807, 2.05) is 0 Å². The second-order valence-corrected chi connectivity index (χ2v) is 6.81. The van der Waals surface area contributed by atoms with Gasteiger partial charge in [0.05, 0.1) is 11.7 Å². The van der Waals surface area contributed by atoms with E-state index in [9.17, 15) is 0 Å². The molecule has 19 heavy (non-hydrogen) atoms. The van der Waals surface area contributed by atoms with E-state index in [4.69, 9.17) is 4.98 Å². The summed E-state index contributed by atoms with van der Waals surface area (Å²) in [7, 11) is 0. The molecular weight excluding hydrogens is 320 g/mol. The minimum Gasteiger partial charge on any atom is -0.309 e. The van der Waals surface area contributed by atoms with Crippen LogP contribution in [0.2, 0.25) is 0 Å². The zero-order chi connectivity index (χ0) is 13.2. The maximum absolute atomic E-state index is 4.84. The Morgan fingerprint density at radius 2 is 2.26 bits per heavy atom. The van der Waals surface area contributed by atoms with Crippen LogP contribution in [0.3, 0.4) is 0 Å². The maximum Gasteiger partial charge on any atom is 0.123 e. The second-order valence-electron chi connectivity index (χ2n) is 5.04. The van der Waals surface area contributed by atoms with Crippen molar-refractivity contribution >= 4 is 27.3 Å². The van der Waals surface area contributed by atoms with E-state index >= 15 is 0 Å². The number of aryl methyl sites for hydroxylation is 1. The molecule has 1 aliphatic heterocycles. The molecule has 100 valence electrons. The molecule has 0 saturated carbocycles. The van der Waals surface area contributed by atoms with Crippen molar-refractivity contribution in [1.29, 1.82) is 0 Å². The predicted octanol–water partition coefficient (Wildman–Crippen LogP) is 4.70. The molecule has 4 heteroatoms. The van der Waals surface area contributed by atoms with Gasteiger partial charge >= 0.3 is 0 Å². The molecule has 1 fully saturated rings. The van der Waals surface area contributed by atoms with Gasteiger partial charge in [0, 0.05) is 15.4 Å². The zero-order valence-electron chi connectivity index (χ0n) is 10.9. The number of piperidine rings is 1. The first-order valence-corrected chi connectivity index (χ1v) is 8.36. The molecule has 0 spiro atoms. The fourth-order valence-electron chi connectivity index (χ4n) is 2.50. The molecule has 1 aromatic heterocycles. The van der Waals surface area contributed by atoms with Crippen LogP contribution >= 0.6 is 27.3 Å². The number of aromatic nitrogens is 1. The lowest BCUT2D eigenvalue weighted by molar-refractivity contribution is 0.407. The molecule has 0 radical (unpaired) electrons. The molecule has 1 aromatic carbocycles. The Kier molecular flexibility index (Phi) is 4.01. The van der Waals surface area contributed by atoms with Crippen molar-refractivity contribution in [2.24, 2.45) is 0 Å². The summed E-state index contributed by atoms with van der Waals surface area (Å²) in [6.07, 6.45) is 3.80. The average Bonchev–Trinajstić information content (AvgIpc) is 2.92. The topological polar surface area (TPSA) is 24.9 Å². The van der Waals surface area contributed by atoms with Crippen molar-refractivity contribution in [2.45, 2.75) is 32.2 Å². The molecule has 1 N–H and O–H groups in total. The number of halogens is 1. The lowest BCUT2D eigenvalue weighted by atomic mass is 10.0. The molecule has 1 aliphatic rings. The van der Waals surface area contributed by atoms with Crippen LogP contribution in [0.1, 0.15) is 36.6 Å². The third-order valence-corrected chi connectivity index (χ3v) is 5.01. The Hall–Kier alpha value is -0.710. The monoisotopic (exact) mass is 336 g/mol. The summed E-state index contributed by atoms with van der Waals surface area (Å²) >= 11 is 5.29. The first-order valence-electron chi connectivity index (χ1n) is 6.69. The lowest BCUT2D eigenvalue weighted by Crippen LogP contribution is -2.26. The highest BCUT2D eigenvalue weighted by Gasteiger charge is 2.18. The van der Waals surface area contributed by atoms with Crippen LogP contribution < -0.4 is 5.32 Å². The maximum atomic E-state index is 4.84. The van der Waals surface area contributed by atoms with Crippen molar-refractivity contribution < 1.29 is 0 Å². The van der Waals surface area contributed by atoms with Crippen molar-refractivity contribution in [2.75, 3.05) is 6.54 Å². The molecule has 1 unspecified atom stereocenters. The van der Waals surface area contributed by atoms with Gasteiger partial charge in [0.15, 0.2) is 0 Å². The summed E-state index contributed by atoms with van der Waals surface area (Å²) in [6, 6.07) is 6.83. The van der Waals surface area contributed by atoms with Gasteiger partial charge in [-0.15, -0.1) is 11.3 Å². The Morgan fingerprint density at radius 1 is 1.37 bits per heavy atom. The molecule has 0 aliphatic carbocycles. The van der Waals surface area contributed by atoms with Crippen molar-refractivity contribution in [3.05, 3.63) is 39.3 Å². The highest BCUT2D eigenvalue weighted by molar-refractivity contribution is 9.10. The summed E-state index contributed by atoms with van der Waals surface area (Å²) < 4.78 is 1.11. The van der Waals surface area contributed by atoms with E-state index in [0.29, 0.717) is 6.04 Å². The lowest BCUT2D eigenvalue weighted by Gasteiger charge is -2.21.